The summed E-state index contributed by atoms with van der Waals surface area (Å²) >= 11 is 1.81. The predicted octanol–water partition coefficient (Wildman–Crippen LogP) is 1.75. The monoisotopic (exact) mass is 304 g/mol. The van der Waals surface area contributed by atoms with Crippen molar-refractivity contribution in [3.05, 3.63) is 35.9 Å². The van der Waals surface area contributed by atoms with E-state index in [4.69, 9.17) is 0 Å². The number of amides is 2. The molecule has 0 radical (unpaired) electrons. The van der Waals surface area contributed by atoms with Crippen molar-refractivity contribution >= 4 is 23.6 Å². The zero-order valence-corrected chi connectivity index (χ0v) is 13.2. The van der Waals surface area contributed by atoms with Crippen LogP contribution in [0.1, 0.15) is 19.4 Å². The molecule has 0 N–H and O–H groups in total. The zero-order chi connectivity index (χ0) is 15.0. The van der Waals surface area contributed by atoms with Gasteiger partial charge in [0.15, 0.2) is 0 Å². The molecule has 0 spiro atoms. The summed E-state index contributed by atoms with van der Waals surface area (Å²) < 4.78 is -0.00702. The van der Waals surface area contributed by atoms with Crippen LogP contribution in [0.4, 0.5) is 0 Å². The molecule has 1 aromatic carbocycles. The van der Waals surface area contributed by atoms with E-state index in [1.807, 2.05) is 47.0 Å². The molecule has 2 aliphatic rings. The molecule has 0 aliphatic carbocycles. The van der Waals surface area contributed by atoms with E-state index in [2.05, 4.69) is 13.8 Å². The maximum Gasteiger partial charge on any atom is 0.243 e. The van der Waals surface area contributed by atoms with E-state index in [1.165, 1.54) is 4.90 Å². The minimum atomic E-state index is -0.0550. The number of carbonyl (C=O) groups excluding carboxylic acids is 2. The standard InChI is InChI=1S/C16H20N2O2S/c1-16(2)13(11-21-16)18-14(19)9-17(10-15(18)20)8-12-6-4-3-5-7-12/h3-7,13H,8-11H2,1-2H3. The van der Waals surface area contributed by atoms with Crippen molar-refractivity contribution in [1.82, 2.24) is 9.80 Å². The Morgan fingerprint density at radius 2 is 1.76 bits per heavy atom. The molecule has 21 heavy (non-hydrogen) atoms. The van der Waals surface area contributed by atoms with E-state index >= 15 is 0 Å². The summed E-state index contributed by atoms with van der Waals surface area (Å²) in [7, 11) is 0. The molecule has 2 amide bonds. The van der Waals surface area contributed by atoms with Crippen LogP contribution in [0.5, 0.6) is 0 Å². The van der Waals surface area contributed by atoms with Gasteiger partial charge >= 0.3 is 0 Å². The van der Waals surface area contributed by atoms with Crippen molar-refractivity contribution < 1.29 is 9.59 Å². The zero-order valence-electron chi connectivity index (χ0n) is 12.4. The van der Waals surface area contributed by atoms with Gasteiger partial charge in [0, 0.05) is 17.0 Å². The van der Waals surface area contributed by atoms with Gasteiger partial charge in [0.1, 0.15) is 0 Å². The van der Waals surface area contributed by atoms with E-state index in [-0.39, 0.29) is 22.6 Å². The number of hydrogen-bond donors (Lipinski definition) is 0. The molecule has 0 aromatic heterocycles. The lowest BCUT2D eigenvalue weighted by Gasteiger charge is -2.50. The van der Waals surface area contributed by atoms with Crippen LogP contribution in [0.3, 0.4) is 0 Å². The van der Waals surface area contributed by atoms with Crippen molar-refractivity contribution in [1.29, 1.82) is 0 Å². The summed E-state index contributed by atoms with van der Waals surface area (Å²) in [5.74, 6) is 0.754. The third-order valence-electron chi connectivity index (χ3n) is 4.23. The fourth-order valence-electron chi connectivity index (χ4n) is 2.91. The molecule has 2 saturated heterocycles. The number of rotatable bonds is 3. The second-order valence-corrected chi connectivity index (χ2v) is 7.89. The summed E-state index contributed by atoms with van der Waals surface area (Å²) in [6, 6.07) is 10.0. The van der Waals surface area contributed by atoms with Gasteiger partial charge in [-0.05, 0) is 19.4 Å². The number of hydrogen-bond acceptors (Lipinski definition) is 4. The average Bonchev–Trinajstić information content (AvgIpc) is 2.43. The molecular formula is C16H20N2O2S. The maximum atomic E-state index is 12.4. The first kappa shape index (κ1) is 14.6. The van der Waals surface area contributed by atoms with Crippen LogP contribution in [0.25, 0.3) is 0 Å². The number of carbonyl (C=O) groups is 2. The maximum absolute atomic E-state index is 12.4. The SMILES string of the molecule is CC1(C)SCC1N1C(=O)CN(Cc2ccccc2)CC1=O. The Labute approximate surface area is 129 Å². The fourth-order valence-corrected chi connectivity index (χ4v) is 4.14. The minimum Gasteiger partial charge on any atom is -0.281 e. The number of nitrogens with zero attached hydrogens (tertiary/aromatic N) is 2. The Morgan fingerprint density at radius 3 is 2.24 bits per heavy atom. The van der Waals surface area contributed by atoms with Crippen LogP contribution in [0, 0.1) is 0 Å². The van der Waals surface area contributed by atoms with Crippen molar-refractivity contribution in [3.8, 4) is 0 Å². The van der Waals surface area contributed by atoms with Gasteiger partial charge < -0.3 is 0 Å². The topological polar surface area (TPSA) is 40.6 Å². The fraction of sp³-hybridized carbons (Fsp3) is 0.500. The highest BCUT2D eigenvalue weighted by molar-refractivity contribution is 8.02. The van der Waals surface area contributed by atoms with Crippen LogP contribution in [0.15, 0.2) is 30.3 Å². The molecule has 4 nitrogen and oxygen atoms in total. The molecule has 2 aliphatic heterocycles. The van der Waals surface area contributed by atoms with Gasteiger partial charge in [-0.1, -0.05) is 30.3 Å². The summed E-state index contributed by atoms with van der Waals surface area (Å²) in [5, 5.41) is 0. The van der Waals surface area contributed by atoms with Crippen LogP contribution >= 0.6 is 11.8 Å². The normalized spacial score (nSPS) is 25.8. The van der Waals surface area contributed by atoms with Gasteiger partial charge in [-0.2, -0.15) is 11.8 Å². The molecule has 2 fully saturated rings. The van der Waals surface area contributed by atoms with Gasteiger partial charge in [-0.3, -0.25) is 19.4 Å². The Balaban J connectivity index is 1.67. The van der Waals surface area contributed by atoms with E-state index < -0.39 is 0 Å². The molecule has 5 heteroatoms. The highest BCUT2D eigenvalue weighted by Crippen LogP contribution is 2.43. The molecule has 112 valence electrons. The van der Waals surface area contributed by atoms with Crippen LogP contribution in [-0.2, 0) is 16.1 Å². The van der Waals surface area contributed by atoms with Crippen LogP contribution < -0.4 is 0 Å². The second-order valence-electron chi connectivity index (χ2n) is 6.22. The first-order chi connectivity index (χ1) is 9.97. The third-order valence-corrected chi connectivity index (χ3v) is 5.73. The average molecular weight is 304 g/mol. The molecule has 2 heterocycles. The number of imide groups is 1. The first-order valence-electron chi connectivity index (χ1n) is 7.22. The largest absolute Gasteiger partial charge is 0.281 e. The van der Waals surface area contributed by atoms with Crippen molar-refractivity contribution in [2.45, 2.75) is 31.2 Å². The summed E-state index contributed by atoms with van der Waals surface area (Å²) in [4.78, 5) is 28.2. The Kier molecular flexibility index (Phi) is 3.80. The Hall–Kier alpha value is -1.33. The van der Waals surface area contributed by atoms with Gasteiger partial charge in [0.05, 0.1) is 19.1 Å². The Bertz CT molecular complexity index is 541. The van der Waals surface area contributed by atoms with E-state index in [1.54, 1.807) is 0 Å². The second kappa shape index (κ2) is 5.46. The predicted molar refractivity (Wildman–Crippen MR) is 83.9 cm³/mol. The number of thioether (sulfide) groups is 1. The van der Waals surface area contributed by atoms with Gasteiger partial charge in [0.25, 0.3) is 0 Å². The molecular weight excluding hydrogens is 284 g/mol. The third kappa shape index (κ3) is 2.85. The lowest BCUT2D eigenvalue weighted by molar-refractivity contribution is -0.155. The smallest absolute Gasteiger partial charge is 0.243 e. The summed E-state index contributed by atoms with van der Waals surface area (Å²) in [5.41, 5.74) is 1.13. The van der Waals surface area contributed by atoms with E-state index in [0.717, 1.165) is 11.3 Å². The first-order valence-corrected chi connectivity index (χ1v) is 8.21. The van der Waals surface area contributed by atoms with Crippen molar-refractivity contribution in [3.63, 3.8) is 0 Å². The van der Waals surface area contributed by atoms with Gasteiger partial charge in [-0.15, -0.1) is 0 Å². The van der Waals surface area contributed by atoms with Crippen LogP contribution in [-0.4, -0.2) is 51.2 Å². The summed E-state index contributed by atoms with van der Waals surface area (Å²) in [6.07, 6.45) is 0. The van der Waals surface area contributed by atoms with Crippen molar-refractivity contribution in [2.24, 2.45) is 0 Å². The summed E-state index contributed by atoms with van der Waals surface area (Å²) in [6.45, 7) is 5.51. The van der Waals surface area contributed by atoms with Gasteiger partial charge in [-0.25, -0.2) is 0 Å². The molecule has 0 bridgehead atoms. The Morgan fingerprint density at radius 1 is 1.14 bits per heavy atom. The number of benzene rings is 1. The highest BCUT2D eigenvalue weighted by atomic mass is 32.2. The molecule has 3 rings (SSSR count). The molecule has 1 atom stereocenters. The molecule has 0 saturated carbocycles. The highest BCUT2D eigenvalue weighted by Gasteiger charge is 2.48. The van der Waals surface area contributed by atoms with E-state index in [0.29, 0.717) is 19.6 Å². The van der Waals surface area contributed by atoms with Gasteiger partial charge in [0.2, 0.25) is 11.8 Å². The lowest BCUT2D eigenvalue weighted by Crippen LogP contribution is -2.65. The quantitative estimate of drug-likeness (QED) is 0.798. The lowest BCUT2D eigenvalue weighted by atomic mass is 10.00. The minimum absolute atomic E-state index is 0.00702. The van der Waals surface area contributed by atoms with Crippen molar-refractivity contribution in [2.75, 3.05) is 18.8 Å². The molecule has 1 unspecified atom stereocenters. The molecule has 1 aromatic rings. The number of piperazine rings is 1. The van der Waals surface area contributed by atoms with E-state index in [9.17, 15) is 9.59 Å². The van der Waals surface area contributed by atoms with Crippen LogP contribution in [0.2, 0.25) is 0 Å².